The van der Waals surface area contributed by atoms with E-state index in [4.69, 9.17) is 4.20 Å². The Labute approximate surface area is 128 Å². The van der Waals surface area contributed by atoms with Gasteiger partial charge in [0.15, 0.2) is 5.58 Å². The molecule has 0 amide bonds. The number of rotatable bonds is 2. The molecule has 0 aliphatic carbocycles. The first-order valence-electron chi connectivity index (χ1n) is 7.23. The molecular formula is C19H14O2P+. The van der Waals surface area contributed by atoms with Crippen LogP contribution in [0, 0.1) is 0 Å². The summed E-state index contributed by atoms with van der Waals surface area (Å²) < 4.78 is 18.1. The average Bonchev–Trinajstić information content (AvgIpc) is 2.57. The summed E-state index contributed by atoms with van der Waals surface area (Å²) in [6.07, 6.45) is 0.773. The van der Waals surface area contributed by atoms with E-state index in [2.05, 4.69) is 12.1 Å². The quantitative estimate of drug-likeness (QED) is 0.430. The molecule has 0 N–H and O–H groups in total. The molecule has 3 aromatic carbocycles. The van der Waals surface area contributed by atoms with Gasteiger partial charge in [-0.1, -0.05) is 60.7 Å². The molecule has 1 heterocycles. The van der Waals surface area contributed by atoms with Crippen molar-refractivity contribution in [2.75, 3.05) is 0 Å². The summed E-state index contributed by atoms with van der Waals surface area (Å²) in [4.78, 5) is 0. The van der Waals surface area contributed by atoms with Gasteiger partial charge in [-0.25, -0.2) is 4.20 Å². The molecule has 0 saturated carbocycles. The van der Waals surface area contributed by atoms with Gasteiger partial charge in [-0.2, -0.15) is 0 Å². The van der Waals surface area contributed by atoms with Crippen molar-refractivity contribution in [3.8, 4) is 0 Å². The van der Waals surface area contributed by atoms with Gasteiger partial charge < -0.3 is 0 Å². The van der Waals surface area contributed by atoms with E-state index in [0.29, 0.717) is 0 Å². The lowest BCUT2D eigenvalue weighted by molar-refractivity contribution is 0.563. The topological polar surface area (TPSA) is 30.2 Å². The van der Waals surface area contributed by atoms with E-state index in [0.717, 1.165) is 33.5 Å². The zero-order chi connectivity index (χ0) is 14.9. The second kappa shape index (κ2) is 5.40. The van der Waals surface area contributed by atoms with Gasteiger partial charge in [-0.15, -0.1) is 0 Å². The first-order valence-corrected chi connectivity index (χ1v) is 8.41. The summed E-state index contributed by atoms with van der Waals surface area (Å²) in [5.41, 5.74) is 3.04. The summed E-state index contributed by atoms with van der Waals surface area (Å²) in [5.74, 6) is 0. The van der Waals surface area contributed by atoms with Crippen LogP contribution in [0.3, 0.4) is 0 Å². The van der Waals surface area contributed by atoms with E-state index in [-0.39, 0.29) is 0 Å². The smallest absolute Gasteiger partial charge is 0.249 e. The third-order valence-corrected chi connectivity index (χ3v) is 5.03. The lowest BCUT2D eigenvalue weighted by Gasteiger charge is -2.04. The highest BCUT2D eigenvalue weighted by Gasteiger charge is 2.18. The lowest BCUT2D eigenvalue weighted by atomic mass is 10.0. The van der Waals surface area contributed by atoms with Crippen LogP contribution in [0.4, 0.5) is 0 Å². The van der Waals surface area contributed by atoms with Crippen molar-refractivity contribution in [3.05, 3.63) is 83.9 Å². The van der Waals surface area contributed by atoms with Crippen LogP contribution in [0.5, 0.6) is 0 Å². The monoisotopic (exact) mass is 305 g/mol. The molecule has 0 saturated heterocycles. The van der Waals surface area contributed by atoms with Crippen molar-refractivity contribution in [2.24, 2.45) is 0 Å². The number of hydrogen-bond acceptors (Lipinski definition) is 2. The number of fused-ring (bicyclic) bond motifs is 3. The lowest BCUT2D eigenvalue weighted by Crippen LogP contribution is -1.89. The molecule has 3 heteroatoms. The van der Waals surface area contributed by atoms with Gasteiger partial charge in [0, 0.05) is 22.8 Å². The Morgan fingerprint density at radius 3 is 2.36 bits per heavy atom. The third-order valence-electron chi connectivity index (χ3n) is 3.90. The Hall–Kier alpha value is -2.44. The van der Waals surface area contributed by atoms with Crippen LogP contribution in [-0.2, 0) is 11.0 Å². The van der Waals surface area contributed by atoms with Gasteiger partial charge in [0.1, 0.15) is 0 Å². The Kier molecular flexibility index (Phi) is 3.25. The van der Waals surface area contributed by atoms with E-state index >= 15 is 0 Å². The predicted molar refractivity (Wildman–Crippen MR) is 90.6 cm³/mol. The predicted octanol–water partition coefficient (Wildman–Crippen LogP) is 5.92. The van der Waals surface area contributed by atoms with Gasteiger partial charge in [-0.3, -0.25) is 0 Å². The van der Waals surface area contributed by atoms with Crippen LogP contribution in [-0.4, -0.2) is 0 Å². The number of hydrogen-bond donors (Lipinski definition) is 0. The molecule has 106 valence electrons. The van der Waals surface area contributed by atoms with Crippen LogP contribution in [0.15, 0.2) is 77.0 Å². The molecule has 4 rings (SSSR count). The Bertz CT molecular complexity index is 1020. The van der Waals surface area contributed by atoms with Gasteiger partial charge in [-0.05, 0) is 22.3 Å². The van der Waals surface area contributed by atoms with Crippen molar-refractivity contribution in [2.45, 2.75) is 6.42 Å². The van der Waals surface area contributed by atoms with Gasteiger partial charge in [0.05, 0.1) is 0 Å². The number of benzene rings is 3. The molecule has 1 unspecified atom stereocenters. The zero-order valence-electron chi connectivity index (χ0n) is 11.9. The maximum Gasteiger partial charge on any atom is 0.597 e. The second-order valence-corrected chi connectivity index (χ2v) is 6.50. The van der Waals surface area contributed by atoms with E-state index in [1.165, 1.54) is 5.56 Å². The normalized spacial score (nSPS) is 11.9. The molecule has 0 fully saturated rings. The average molecular weight is 305 g/mol. The maximum atomic E-state index is 12.4. The fraction of sp³-hybridized carbons (Fsp3) is 0.0526. The minimum atomic E-state index is -1.83. The van der Waals surface area contributed by atoms with Crippen molar-refractivity contribution in [1.82, 2.24) is 0 Å². The molecule has 0 aliphatic rings. The van der Waals surface area contributed by atoms with Gasteiger partial charge in [0.2, 0.25) is 5.12 Å². The fourth-order valence-corrected chi connectivity index (χ4v) is 3.93. The van der Waals surface area contributed by atoms with Crippen molar-refractivity contribution in [3.63, 3.8) is 0 Å². The highest BCUT2D eigenvalue weighted by molar-refractivity contribution is 7.37. The van der Waals surface area contributed by atoms with Crippen molar-refractivity contribution in [1.29, 1.82) is 0 Å². The Morgan fingerprint density at radius 2 is 1.50 bits per heavy atom. The first-order chi connectivity index (χ1) is 10.8. The van der Waals surface area contributed by atoms with Crippen molar-refractivity contribution < 1.29 is 8.76 Å². The molecule has 4 aromatic rings. The molecule has 1 atom stereocenters. The third kappa shape index (κ3) is 2.22. The largest absolute Gasteiger partial charge is 0.597 e. The van der Waals surface area contributed by atoms with Crippen LogP contribution in [0.2, 0.25) is 0 Å². The van der Waals surface area contributed by atoms with Crippen LogP contribution in [0.25, 0.3) is 21.5 Å². The molecule has 0 bridgehead atoms. The summed E-state index contributed by atoms with van der Waals surface area (Å²) in [5, 5.41) is 2.82. The van der Waals surface area contributed by atoms with E-state index in [1.54, 1.807) is 0 Å². The number of para-hydroxylation sites is 1. The molecular weight excluding hydrogens is 291 g/mol. The molecule has 0 aliphatic heterocycles. The summed E-state index contributed by atoms with van der Waals surface area (Å²) in [6.45, 7) is 0. The van der Waals surface area contributed by atoms with Crippen LogP contribution in [0.1, 0.15) is 11.1 Å². The van der Waals surface area contributed by atoms with E-state index in [1.807, 2.05) is 60.7 Å². The van der Waals surface area contributed by atoms with Gasteiger partial charge >= 0.3 is 7.65 Å². The molecule has 0 radical (unpaired) electrons. The van der Waals surface area contributed by atoms with Gasteiger partial charge in [0.25, 0.3) is 0 Å². The summed E-state index contributed by atoms with van der Waals surface area (Å²) in [6, 6.07) is 24.1. The molecule has 0 spiro atoms. The summed E-state index contributed by atoms with van der Waals surface area (Å²) >= 11 is 0. The second-order valence-electron chi connectivity index (χ2n) is 5.32. The highest BCUT2D eigenvalue weighted by atomic mass is 31.1. The SMILES string of the molecule is O=[p+]1oc2c(Cc3ccccc3)cccc2c2ccccc21. The zero-order valence-corrected chi connectivity index (χ0v) is 12.8. The summed E-state index contributed by atoms with van der Waals surface area (Å²) in [7, 11) is -1.83. The fourth-order valence-electron chi connectivity index (χ4n) is 2.85. The Balaban J connectivity index is 1.99. The highest BCUT2D eigenvalue weighted by Crippen LogP contribution is 2.36. The minimum absolute atomic E-state index is 0.756. The van der Waals surface area contributed by atoms with Crippen LogP contribution < -0.4 is 0 Å². The van der Waals surface area contributed by atoms with E-state index in [9.17, 15) is 4.57 Å². The minimum Gasteiger partial charge on any atom is -0.249 e. The standard InChI is InChI=1S/C19H14O2P/c20-22-18-12-5-4-10-16(18)17-11-6-9-15(19(17)21-22)13-14-7-2-1-3-8-14/h1-12H,13H2/q+1. The van der Waals surface area contributed by atoms with Crippen LogP contribution >= 0.6 is 7.65 Å². The molecule has 1 aromatic heterocycles. The molecule has 22 heavy (non-hydrogen) atoms. The maximum absolute atomic E-state index is 12.4. The van der Waals surface area contributed by atoms with E-state index < -0.39 is 7.65 Å². The molecule has 2 nitrogen and oxygen atoms in total. The Morgan fingerprint density at radius 1 is 0.773 bits per heavy atom. The first kappa shape index (κ1) is 13.2. The van der Waals surface area contributed by atoms with Crippen molar-refractivity contribution >= 4 is 29.1 Å².